The molecule has 0 fully saturated rings. The number of unbranched alkanes of at least 4 members (excludes halogenated alkanes) is 3. The molecule has 0 aliphatic heterocycles. The molecule has 0 amide bonds. The van der Waals surface area contributed by atoms with Crippen LogP contribution in [0, 0.1) is 0 Å². The van der Waals surface area contributed by atoms with E-state index < -0.39 is 0 Å². The minimum Gasteiger partial charge on any atom is -0.463 e. The zero-order valence-corrected chi connectivity index (χ0v) is 15.8. The molecule has 0 unspecified atom stereocenters. The second kappa shape index (κ2) is 8.54. The van der Waals surface area contributed by atoms with Crippen molar-refractivity contribution in [1.29, 1.82) is 0 Å². The Hall–Kier alpha value is -1.52. The fourth-order valence-electron chi connectivity index (χ4n) is 3.24. The first-order valence-corrected chi connectivity index (χ1v) is 9.05. The first-order valence-electron chi connectivity index (χ1n) is 9.05. The molecule has 0 saturated heterocycles. The van der Waals surface area contributed by atoms with Crippen molar-refractivity contribution in [1.82, 2.24) is 0 Å². The van der Waals surface area contributed by atoms with Crippen LogP contribution < -0.4 is 0 Å². The molecule has 0 saturated carbocycles. The fraction of sp³-hybridized carbons (Fsp3) is 0.600. The normalized spacial score (nSPS) is 12.7. The Bertz CT molecular complexity index is 504. The topological polar surface area (TPSA) is 26.3 Å². The van der Waals surface area contributed by atoms with E-state index in [2.05, 4.69) is 40.3 Å². The van der Waals surface area contributed by atoms with Gasteiger partial charge in [-0.2, -0.15) is 0 Å². The van der Waals surface area contributed by atoms with Gasteiger partial charge in [-0.15, -0.1) is 0 Å². The van der Waals surface area contributed by atoms with E-state index in [9.17, 15) is 0 Å². The minimum absolute atomic E-state index is 0.972. The van der Waals surface area contributed by atoms with Crippen molar-refractivity contribution in [2.45, 2.75) is 38.8 Å². The molecular weight excluding hydrogens is 300 g/mol. The Labute approximate surface area is 146 Å². The predicted molar refractivity (Wildman–Crippen MR) is 97.2 cm³/mol. The summed E-state index contributed by atoms with van der Waals surface area (Å²) < 4.78 is 12.9. The van der Waals surface area contributed by atoms with Gasteiger partial charge >= 0.3 is 0 Å². The summed E-state index contributed by atoms with van der Waals surface area (Å²) in [6.07, 6.45) is 8.69. The van der Waals surface area contributed by atoms with Crippen molar-refractivity contribution >= 4 is 0 Å². The molecule has 0 bridgehead atoms. The maximum atomic E-state index is 5.47. The number of hydrogen-bond acceptors (Lipinski definition) is 2. The molecule has 0 aromatic carbocycles. The average Bonchev–Trinajstić information content (AvgIpc) is 3.15. The van der Waals surface area contributed by atoms with Gasteiger partial charge in [0.2, 0.25) is 0 Å². The van der Waals surface area contributed by atoms with E-state index in [0.717, 1.165) is 33.6 Å². The Balaban J connectivity index is 1.57. The van der Waals surface area contributed by atoms with Gasteiger partial charge in [0.1, 0.15) is 13.1 Å². The maximum Gasteiger partial charge on any atom is 0.158 e. The fourth-order valence-corrected chi connectivity index (χ4v) is 3.24. The van der Waals surface area contributed by atoms with Crippen molar-refractivity contribution in [2.24, 2.45) is 0 Å². The van der Waals surface area contributed by atoms with Crippen LogP contribution in [0.4, 0.5) is 0 Å². The van der Waals surface area contributed by atoms with Crippen molar-refractivity contribution in [3.8, 4) is 0 Å². The molecule has 0 N–H and O–H groups in total. The van der Waals surface area contributed by atoms with Crippen molar-refractivity contribution in [2.75, 3.05) is 41.3 Å². The van der Waals surface area contributed by atoms with Gasteiger partial charge in [0.05, 0.1) is 53.8 Å². The van der Waals surface area contributed by atoms with Gasteiger partial charge in [-0.25, -0.2) is 0 Å². The van der Waals surface area contributed by atoms with Crippen molar-refractivity contribution in [3.63, 3.8) is 0 Å². The van der Waals surface area contributed by atoms with Gasteiger partial charge in [0, 0.05) is 0 Å². The Kier molecular flexibility index (Phi) is 6.69. The molecule has 134 valence electrons. The summed E-state index contributed by atoms with van der Waals surface area (Å²) in [7, 11) is 9.13. The van der Waals surface area contributed by atoms with E-state index >= 15 is 0 Å². The van der Waals surface area contributed by atoms with Crippen LogP contribution in [0.3, 0.4) is 0 Å². The highest BCUT2D eigenvalue weighted by molar-refractivity contribution is 4.96. The molecule has 0 aliphatic rings. The van der Waals surface area contributed by atoms with Gasteiger partial charge in [-0.05, 0) is 49.9 Å². The van der Waals surface area contributed by atoms with Crippen LogP contribution in [0.2, 0.25) is 0 Å². The summed E-state index contributed by atoms with van der Waals surface area (Å²) in [6, 6.07) is 8.08. The first kappa shape index (κ1) is 18.8. The van der Waals surface area contributed by atoms with Crippen LogP contribution in [0.15, 0.2) is 45.6 Å². The van der Waals surface area contributed by atoms with Crippen LogP contribution in [0.25, 0.3) is 0 Å². The minimum atomic E-state index is 0.972. The number of rotatable bonds is 11. The quantitative estimate of drug-likeness (QED) is 0.453. The van der Waals surface area contributed by atoms with E-state index in [0.29, 0.717) is 0 Å². The van der Waals surface area contributed by atoms with Crippen LogP contribution >= 0.6 is 0 Å². The monoisotopic (exact) mass is 334 g/mol. The third kappa shape index (κ3) is 6.93. The molecular formula is C20H34N2O2+2. The number of hydrogen-bond donors (Lipinski definition) is 0. The van der Waals surface area contributed by atoms with Gasteiger partial charge in [-0.3, -0.25) is 0 Å². The summed E-state index contributed by atoms with van der Waals surface area (Å²) in [5.41, 5.74) is 0. The van der Waals surface area contributed by atoms with E-state index in [1.807, 2.05) is 12.1 Å². The molecule has 2 rings (SSSR count). The zero-order chi connectivity index (χ0) is 17.5. The second-order valence-corrected chi connectivity index (χ2v) is 8.21. The lowest BCUT2D eigenvalue weighted by Gasteiger charge is -2.29. The molecule has 2 aromatic rings. The number of nitrogens with zero attached hydrogens (tertiary/aromatic N) is 2. The summed E-state index contributed by atoms with van der Waals surface area (Å²) in [5.74, 6) is 2.16. The molecule has 2 heterocycles. The zero-order valence-electron chi connectivity index (χ0n) is 15.8. The smallest absolute Gasteiger partial charge is 0.158 e. The van der Waals surface area contributed by atoms with Crippen LogP contribution in [0.5, 0.6) is 0 Å². The Morgan fingerprint density at radius 3 is 1.42 bits per heavy atom. The predicted octanol–water partition coefficient (Wildman–Crippen LogP) is 4.29. The first-order chi connectivity index (χ1) is 11.4. The molecule has 2 aromatic heterocycles. The maximum absolute atomic E-state index is 5.47. The SMILES string of the molecule is C[N+](C)(CCCCCC[N+](C)(C)Cc1ccco1)Cc1ccco1. The summed E-state index contributed by atoms with van der Waals surface area (Å²) in [4.78, 5) is 0. The lowest BCUT2D eigenvalue weighted by molar-refractivity contribution is -0.905. The third-order valence-corrected chi connectivity index (χ3v) is 4.60. The van der Waals surface area contributed by atoms with E-state index in [-0.39, 0.29) is 0 Å². The van der Waals surface area contributed by atoms with Gasteiger partial charge in [0.15, 0.2) is 11.5 Å². The van der Waals surface area contributed by atoms with Gasteiger partial charge in [0.25, 0.3) is 0 Å². The molecule has 24 heavy (non-hydrogen) atoms. The van der Waals surface area contributed by atoms with E-state index in [4.69, 9.17) is 8.83 Å². The van der Waals surface area contributed by atoms with Crippen molar-refractivity contribution < 1.29 is 17.8 Å². The highest BCUT2D eigenvalue weighted by atomic mass is 16.3. The standard InChI is InChI=1S/C20H34N2O2/c1-21(2,17-19-11-9-15-23-19)13-7-5-6-8-14-22(3,4)18-20-12-10-16-24-20/h9-12,15-16H,5-8,13-14,17-18H2,1-4H3/q+2. The Morgan fingerprint density at radius 1 is 0.667 bits per heavy atom. The van der Waals surface area contributed by atoms with Gasteiger partial charge in [-0.1, -0.05) is 0 Å². The molecule has 0 atom stereocenters. The van der Waals surface area contributed by atoms with Crippen LogP contribution in [-0.4, -0.2) is 50.2 Å². The second-order valence-electron chi connectivity index (χ2n) is 8.21. The highest BCUT2D eigenvalue weighted by Crippen LogP contribution is 2.14. The van der Waals surface area contributed by atoms with Crippen LogP contribution in [0.1, 0.15) is 37.2 Å². The van der Waals surface area contributed by atoms with E-state index in [1.165, 1.54) is 38.8 Å². The number of furan rings is 2. The number of quaternary nitrogens is 2. The molecule has 4 nitrogen and oxygen atoms in total. The molecule has 0 spiro atoms. The molecule has 4 heteroatoms. The summed E-state index contributed by atoms with van der Waals surface area (Å²) in [5, 5.41) is 0. The molecule has 0 aliphatic carbocycles. The summed E-state index contributed by atoms with van der Waals surface area (Å²) in [6.45, 7) is 4.34. The Morgan fingerprint density at radius 2 is 1.08 bits per heavy atom. The average molecular weight is 335 g/mol. The lowest BCUT2D eigenvalue weighted by Crippen LogP contribution is -2.40. The van der Waals surface area contributed by atoms with Crippen LogP contribution in [-0.2, 0) is 13.1 Å². The highest BCUT2D eigenvalue weighted by Gasteiger charge is 2.18. The largest absolute Gasteiger partial charge is 0.463 e. The van der Waals surface area contributed by atoms with E-state index in [1.54, 1.807) is 12.5 Å². The lowest BCUT2D eigenvalue weighted by atomic mass is 10.1. The van der Waals surface area contributed by atoms with Crippen molar-refractivity contribution in [3.05, 3.63) is 48.3 Å². The van der Waals surface area contributed by atoms with Gasteiger partial charge < -0.3 is 17.8 Å². The molecule has 0 radical (unpaired) electrons. The summed E-state index contributed by atoms with van der Waals surface area (Å²) >= 11 is 0. The third-order valence-electron chi connectivity index (χ3n) is 4.60.